The third-order valence-electron chi connectivity index (χ3n) is 4.16. The molecule has 1 saturated heterocycles. The zero-order valence-electron chi connectivity index (χ0n) is 15.0. The molecule has 1 aliphatic rings. The third-order valence-corrected chi connectivity index (χ3v) is 4.16. The first-order chi connectivity index (χ1) is 13.4. The van der Waals surface area contributed by atoms with Crippen LogP contribution in [0.3, 0.4) is 0 Å². The van der Waals surface area contributed by atoms with E-state index in [0.29, 0.717) is 30.1 Å². The van der Waals surface area contributed by atoms with Crippen molar-refractivity contribution in [1.29, 1.82) is 5.41 Å². The molecule has 28 heavy (non-hydrogen) atoms. The van der Waals surface area contributed by atoms with Crippen molar-refractivity contribution in [3.8, 4) is 5.75 Å². The van der Waals surface area contributed by atoms with Crippen LogP contribution in [0.15, 0.2) is 36.7 Å². The number of carbonyl (C=O) groups excluding carboxylic acids is 1. The van der Waals surface area contributed by atoms with Crippen LogP contribution in [0, 0.1) is 5.41 Å². The molecule has 6 N–H and O–H groups in total. The molecule has 2 aromatic rings. The maximum absolute atomic E-state index is 12.2. The van der Waals surface area contributed by atoms with Crippen LogP contribution in [0.1, 0.15) is 11.1 Å². The standard InChI is InChI=1S/C18H21N5O5/c19-17(20)22-6-11-1-3-13(4-2-11)23-9-14(28-18(23)26)10-27-15-8-21-7-12(15)5-16(24)25/h1-4,7-8,14,21H,5-6,9-10H2,(H,24,25)(H4,19,20,22). The zero-order valence-corrected chi connectivity index (χ0v) is 15.0. The number of carboxylic acids is 1. The van der Waals surface area contributed by atoms with Crippen molar-refractivity contribution in [3.05, 3.63) is 47.8 Å². The van der Waals surface area contributed by atoms with E-state index in [0.717, 1.165) is 5.56 Å². The van der Waals surface area contributed by atoms with Gasteiger partial charge in [-0.2, -0.15) is 0 Å². The Bertz CT molecular complexity index is 864. The zero-order chi connectivity index (χ0) is 20.1. The molecule has 1 atom stereocenters. The van der Waals surface area contributed by atoms with Gasteiger partial charge >= 0.3 is 12.1 Å². The van der Waals surface area contributed by atoms with Crippen LogP contribution < -0.4 is 20.7 Å². The largest absolute Gasteiger partial charge is 0.488 e. The lowest BCUT2D eigenvalue weighted by atomic mass is 10.2. The molecule has 1 aromatic carbocycles. The molecule has 0 saturated carbocycles. The van der Waals surface area contributed by atoms with E-state index in [1.807, 2.05) is 12.1 Å². The Balaban J connectivity index is 1.56. The molecule has 0 bridgehead atoms. The minimum Gasteiger partial charge on any atom is -0.488 e. The molecule has 3 rings (SSSR count). The number of aromatic nitrogens is 1. The van der Waals surface area contributed by atoms with Crippen LogP contribution >= 0.6 is 0 Å². The number of H-pyrrole nitrogens is 1. The summed E-state index contributed by atoms with van der Waals surface area (Å²) >= 11 is 0. The first-order valence-corrected chi connectivity index (χ1v) is 8.57. The number of amides is 1. The first-order valence-electron chi connectivity index (χ1n) is 8.57. The number of carbonyl (C=O) groups is 2. The van der Waals surface area contributed by atoms with Crippen molar-refractivity contribution >= 4 is 23.7 Å². The Labute approximate surface area is 160 Å². The second kappa shape index (κ2) is 8.33. The Hall–Kier alpha value is -3.69. The van der Waals surface area contributed by atoms with Crippen LogP contribution in [-0.4, -0.2) is 47.4 Å². The van der Waals surface area contributed by atoms with Crippen molar-refractivity contribution < 1.29 is 24.2 Å². The van der Waals surface area contributed by atoms with Crippen molar-refractivity contribution in [3.63, 3.8) is 0 Å². The normalized spacial score (nSPS) is 15.9. The van der Waals surface area contributed by atoms with Gasteiger partial charge in [0.1, 0.15) is 12.4 Å². The van der Waals surface area contributed by atoms with Crippen LogP contribution in [-0.2, 0) is 22.5 Å². The highest BCUT2D eigenvalue weighted by Crippen LogP contribution is 2.24. The molecule has 2 heterocycles. The minimum absolute atomic E-state index is 0.107. The van der Waals surface area contributed by atoms with Gasteiger partial charge in [0.25, 0.3) is 0 Å². The van der Waals surface area contributed by atoms with Gasteiger partial charge in [-0.15, -0.1) is 0 Å². The predicted molar refractivity (Wildman–Crippen MR) is 100 cm³/mol. The molecule has 0 spiro atoms. The summed E-state index contributed by atoms with van der Waals surface area (Å²) in [5.74, 6) is -0.631. The highest BCUT2D eigenvalue weighted by molar-refractivity contribution is 5.89. The lowest BCUT2D eigenvalue weighted by molar-refractivity contribution is -0.136. The Morgan fingerprint density at radius 1 is 1.39 bits per heavy atom. The molecule has 1 aliphatic heterocycles. The highest BCUT2D eigenvalue weighted by atomic mass is 16.6. The van der Waals surface area contributed by atoms with Crippen molar-refractivity contribution in [2.75, 3.05) is 18.1 Å². The van der Waals surface area contributed by atoms with Gasteiger partial charge in [0, 0.05) is 30.2 Å². The molecule has 10 nitrogen and oxygen atoms in total. The SMILES string of the molecule is N=C(N)NCc1ccc(N2CC(COc3c[nH]cc3CC(=O)O)OC2=O)cc1. The number of ether oxygens (including phenoxy) is 2. The molecule has 1 amide bonds. The van der Waals surface area contributed by atoms with Gasteiger partial charge < -0.3 is 30.6 Å². The maximum atomic E-state index is 12.2. The van der Waals surface area contributed by atoms with Crippen molar-refractivity contribution in [1.82, 2.24) is 10.3 Å². The van der Waals surface area contributed by atoms with E-state index in [4.69, 9.17) is 25.7 Å². The topological polar surface area (TPSA) is 154 Å². The Morgan fingerprint density at radius 3 is 2.82 bits per heavy atom. The van der Waals surface area contributed by atoms with Gasteiger partial charge in [0.15, 0.2) is 12.1 Å². The second-order valence-corrected chi connectivity index (χ2v) is 6.28. The summed E-state index contributed by atoms with van der Waals surface area (Å²) in [6.07, 6.45) is 2.04. The number of guanidine groups is 1. The molecular weight excluding hydrogens is 366 g/mol. The molecule has 1 aromatic heterocycles. The quantitative estimate of drug-likeness (QED) is 0.335. The Kier molecular flexibility index (Phi) is 5.68. The first kappa shape index (κ1) is 19.1. The smallest absolute Gasteiger partial charge is 0.414 e. The number of rotatable bonds is 8. The van der Waals surface area contributed by atoms with Crippen LogP contribution in [0.5, 0.6) is 5.75 Å². The number of aliphatic carboxylic acids is 1. The minimum atomic E-state index is -0.954. The van der Waals surface area contributed by atoms with E-state index < -0.39 is 18.2 Å². The van der Waals surface area contributed by atoms with E-state index in [1.165, 1.54) is 4.90 Å². The number of benzene rings is 1. The van der Waals surface area contributed by atoms with Gasteiger partial charge in [0.2, 0.25) is 0 Å². The van der Waals surface area contributed by atoms with E-state index in [-0.39, 0.29) is 19.0 Å². The average Bonchev–Trinajstić information content (AvgIpc) is 3.24. The lowest BCUT2D eigenvalue weighted by Crippen LogP contribution is -2.29. The number of aromatic amines is 1. The number of carboxylic acid groups (broad SMARTS) is 1. The van der Waals surface area contributed by atoms with Crippen molar-refractivity contribution in [2.24, 2.45) is 5.73 Å². The summed E-state index contributed by atoms with van der Waals surface area (Å²) in [6.45, 7) is 0.863. The summed E-state index contributed by atoms with van der Waals surface area (Å²) in [5.41, 5.74) is 7.40. The molecule has 148 valence electrons. The van der Waals surface area contributed by atoms with Gasteiger partial charge in [0.05, 0.1) is 13.0 Å². The highest BCUT2D eigenvalue weighted by Gasteiger charge is 2.33. The number of cyclic esters (lactones) is 1. The van der Waals surface area contributed by atoms with Crippen LogP contribution in [0.4, 0.5) is 10.5 Å². The number of hydrogen-bond acceptors (Lipinski definition) is 5. The maximum Gasteiger partial charge on any atom is 0.414 e. The third kappa shape index (κ3) is 4.72. The molecule has 10 heteroatoms. The summed E-state index contributed by atoms with van der Waals surface area (Å²) in [5, 5.41) is 18.8. The fraction of sp³-hybridized carbons (Fsp3) is 0.278. The van der Waals surface area contributed by atoms with Gasteiger partial charge in [-0.05, 0) is 17.7 Å². The van der Waals surface area contributed by atoms with E-state index in [9.17, 15) is 9.59 Å². The number of nitrogens with one attached hydrogen (secondary N) is 3. The molecule has 1 fully saturated rings. The Morgan fingerprint density at radius 2 is 2.14 bits per heavy atom. The number of hydrogen-bond donors (Lipinski definition) is 5. The molecule has 0 aliphatic carbocycles. The van der Waals surface area contributed by atoms with E-state index in [1.54, 1.807) is 24.5 Å². The predicted octanol–water partition coefficient (Wildman–Crippen LogP) is 1.03. The second-order valence-electron chi connectivity index (χ2n) is 6.28. The van der Waals surface area contributed by atoms with Gasteiger partial charge in [-0.25, -0.2) is 4.79 Å². The van der Waals surface area contributed by atoms with Crippen LogP contribution in [0.25, 0.3) is 0 Å². The van der Waals surface area contributed by atoms with Gasteiger partial charge in [-0.1, -0.05) is 12.1 Å². The fourth-order valence-electron chi connectivity index (χ4n) is 2.81. The van der Waals surface area contributed by atoms with Crippen molar-refractivity contribution in [2.45, 2.75) is 19.1 Å². The van der Waals surface area contributed by atoms with Crippen LogP contribution in [0.2, 0.25) is 0 Å². The average molecular weight is 387 g/mol. The van der Waals surface area contributed by atoms with Gasteiger partial charge in [-0.3, -0.25) is 15.1 Å². The molecular formula is C18H21N5O5. The summed E-state index contributed by atoms with van der Waals surface area (Å²) in [7, 11) is 0. The fourth-order valence-corrected chi connectivity index (χ4v) is 2.81. The summed E-state index contributed by atoms with van der Waals surface area (Å²) in [4.78, 5) is 27.3. The number of anilines is 1. The summed E-state index contributed by atoms with van der Waals surface area (Å²) in [6, 6.07) is 7.25. The monoisotopic (exact) mass is 387 g/mol. The molecule has 0 radical (unpaired) electrons. The number of nitrogens with zero attached hydrogens (tertiary/aromatic N) is 1. The van der Waals surface area contributed by atoms with E-state index >= 15 is 0 Å². The number of nitrogens with two attached hydrogens (primary N) is 1. The lowest BCUT2D eigenvalue weighted by Gasteiger charge is -2.14. The summed E-state index contributed by atoms with van der Waals surface area (Å²) < 4.78 is 11.0. The van der Waals surface area contributed by atoms with E-state index in [2.05, 4.69) is 10.3 Å². The molecule has 1 unspecified atom stereocenters.